The lowest BCUT2D eigenvalue weighted by Crippen LogP contribution is -2.07. The first-order valence-corrected chi connectivity index (χ1v) is 14.9. The van der Waals surface area contributed by atoms with E-state index in [1.807, 2.05) is 24.3 Å². The minimum atomic E-state index is -0.577. The van der Waals surface area contributed by atoms with Gasteiger partial charge in [0, 0.05) is 49.5 Å². The zero-order chi connectivity index (χ0) is 27.8. The van der Waals surface area contributed by atoms with Crippen LogP contribution in [-0.2, 0) is 45.1 Å². The van der Waals surface area contributed by atoms with Crippen LogP contribution in [0.25, 0.3) is 0 Å². The lowest BCUT2D eigenvalue weighted by atomic mass is 10.0. The Kier molecular flexibility index (Phi) is 12.2. The smallest absolute Gasteiger partial charge is 0.331 e. The van der Waals surface area contributed by atoms with Crippen molar-refractivity contribution >= 4 is 23.4 Å². The summed E-state index contributed by atoms with van der Waals surface area (Å²) >= 11 is 0. The van der Waals surface area contributed by atoms with Gasteiger partial charge in [0.1, 0.15) is 13.2 Å². The summed E-state index contributed by atoms with van der Waals surface area (Å²) in [5.41, 5.74) is 6.80. The Morgan fingerprint density at radius 3 is 1.35 bits per heavy atom. The number of carbonyl (C=O) groups is 2. The Morgan fingerprint density at radius 1 is 0.550 bits per heavy atom. The molecular weight excluding hydrogens is 500 g/mol. The van der Waals surface area contributed by atoms with Gasteiger partial charge in [-0.05, 0) is 60.8 Å². The van der Waals surface area contributed by atoms with Crippen LogP contribution in [-0.4, -0.2) is 36.5 Å². The third-order valence-electron chi connectivity index (χ3n) is 7.40. The summed E-state index contributed by atoms with van der Waals surface area (Å²) < 4.78 is 10.6. The van der Waals surface area contributed by atoms with Crippen molar-refractivity contribution in [3.8, 4) is 0 Å². The molecule has 212 valence electrons. The van der Waals surface area contributed by atoms with Crippen LogP contribution >= 0.6 is 0 Å². The van der Waals surface area contributed by atoms with Crippen LogP contribution in [0.5, 0.6) is 0 Å². The molecule has 2 aromatic rings. The first-order chi connectivity index (χ1) is 19.6. The van der Waals surface area contributed by atoms with Crippen molar-refractivity contribution < 1.29 is 19.1 Å². The molecule has 6 nitrogen and oxygen atoms in total. The highest BCUT2D eigenvalue weighted by Crippen LogP contribution is 2.15. The van der Waals surface area contributed by atoms with E-state index in [-0.39, 0.29) is 13.2 Å². The second-order valence-electron chi connectivity index (χ2n) is 10.8. The maximum absolute atomic E-state index is 12.1. The average Bonchev–Trinajstić information content (AvgIpc) is 2.94. The lowest BCUT2D eigenvalue weighted by Gasteiger charge is -2.11. The van der Waals surface area contributed by atoms with Gasteiger partial charge >= 0.3 is 11.9 Å². The molecule has 0 fully saturated rings. The monoisotopic (exact) mass is 542 g/mol. The summed E-state index contributed by atoms with van der Waals surface area (Å²) in [5.74, 6) is -1.15. The molecule has 40 heavy (non-hydrogen) atoms. The Hall–Kier alpha value is -3.54. The molecule has 0 aromatic heterocycles. The van der Waals surface area contributed by atoms with Gasteiger partial charge in [0.25, 0.3) is 0 Å². The van der Waals surface area contributed by atoms with Crippen molar-refractivity contribution in [2.75, 3.05) is 13.1 Å². The van der Waals surface area contributed by atoms with E-state index < -0.39 is 11.9 Å². The van der Waals surface area contributed by atoms with Crippen LogP contribution in [0.4, 0.5) is 0 Å². The molecule has 2 aliphatic heterocycles. The van der Waals surface area contributed by atoms with E-state index >= 15 is 0 Å². The normalized spacial score (nSPS) is 16.6. The number of carbonyl (C=O) groups excluding carboxylic acids is 2. The Bertz CT molecular complexity index is 1090. The maximum Gasteiger partial charge on any atom is 0.331 e. The highest BCUT2D eigenvalue weighted by atomic mass is 16.5. The number of esters is 2. The van der Waals surface area contributed by atoms with Crippen LogP contribution in [0.1, 0.15) is 86.5 Å². The molecule has 0 saturated heterocycles. The predicted octanol–water partition coefficient (Wildman–Crippen LogP) is 6.92. The van der Waals surface area contributed by atoms with Crippen LogP contribution in [0.2, 0.25) is 0 Å². The van der Waals surface area contributed by atoms with Crippen molar-refractivity contribution in [3.05, 3.63) is 82.9 Å². The summed E-state index contributed by atoms with van der Waals surface area (Å²) in [6.07, 6.45) is 16.1. The fourth-order valence-corrected chi connectivity index (χ4v) is 5.03. The lowest BCUT2D eigenvalue weighted by molar-refractivity contribution is -0.141. The maximum atomic E-state index is 12.1. The van der Waals surface area contributed by atoms with Gasteiger partial charge in [-0.25, -0.2) is 9.59 Å². The Morgan fingerprint density at radius 2 is 0.925 bits per heavy atom. The van der Waals surface area contributed by atoms with E-state index in [0.29, 0.717) is 0 Å². The van der Waals surface area contributed by atoms with Gasteiger partial charge in [-0.3, -0.25) is 9.98 Å². The number of nitrogens with zero attached hydrogens (tertiary/aromatic N) is 2. The molecule has 0 radical (unpaired) electrons. The number of hydrogen-bond acceptors (Lipinski definition) is 6. The predicted molar refractivity (Wildman–Crippen MR) is 160 cm³/mol. The molecule has 0 bridgehead atoms. The molecule has 0 amide bonds. The van der Waals surface area contributed by atoms with Crippen LogP contribution in [0.15, 0.2) is 70.7 Å². The number of rotatable bonds is 10. The first-order valence-electron chi connectivity index (χ1n) is 14.9. The number of aliphatic imine (C=N–C) groups is 2. The van der Waals surface area contributed by atoms with Gasteiger partial charge in [0.05, 0.1) is 0 Å². The largest absolute Gasteiger partial charge is 0.458 e. The summed E-state index contributed by atoms with van der Waals surface area (Å²) in [4.78, 5) is 33.7. The minimum absolute atomic E-state index is 0.151. The second-order valence-corrected chi connectivity index (χ2v) is 10.8. The number of ether oxygens (including phenoxy) is 2. The zero-order valence-corrected chi connectivity index (χ0v) is 23.6. The van der Waals surface area contributed by atoms with Gasteiger partial charge in [0.15, 0.2) is 0 Å². The minimum Gasteiger partial charge on any atom is -0.458 e. The third kappa shape index (κ3) is 10.9. The van der Waals surface area contributed by atoms with Crippen molar-refractivity contribution in [2.24, 2.45) is 9.98 Å². The fourth-order valence-electron chi connectivity index (χ4n) is 5.03. The number of hydrogen-bond donors (Lipinski definition) is 0. The Labute approximate surface area is 238 Å². The summed E-state index contributed by atoms with van der Waals surface area (Å²) in [6.45, 7) is 2.18. The SMILES string of the molecule is O=C(/C=C\C(=O)OCc1ccc(CC2=NCCCCCC2)cc1)OCc1ccc(CC2=NCCCCCC2)cc1. The van der Waals surface area contributed by atoms with E-state index in [0.717, 1.165) is 62.1 Å². The van der Waals surface area contributed by atoms with Crippen molar-refractivity contribution in [1.29, 1.82) is 0 Å². The fraction of sp³-hybridized carbons (Fsp3) is 0.471. The van der Waals surface area contributed by atoms with Crippen LogP contribution in [0.3, 0.4) is 0 Å². The molecule has 4 rings (SSSR count). The summed E-state index contributed by atoms with van der Waals surface area (Å²) in [7, 11) is 0. The molecule has 0 N–H and O–H groups in total. The molecule has 0 unspecified atom stereocenters. The molecule has 0 spiro atoms. The van der Waals surface area contributed by atoms with Gasteiger partial charge in [0.2, 0.25) is 0 Å². The number of benzene rings is 2. The van der Waals surface area contributed by atoms with Crippen LogP contribution in [0, 0.1) is 0 Å². The third-order valence-corrected chi connectivity index (χ3v) is 7.40. The summed E-state index contributed by atoms with van der Waals surface area (Å²) in [6, 6.07) is 16.2. The standard InChI is InChI=1S/C34H42N2O4/c37-33(39-25-29-15-11-27(12-16-29)23-31-9-5-1-3-7-21-35-31)19-20-34(38)40-26-30-17-13-28(14-18-30)24-32-10-6-2-4-8-22-36-32/h11-20H,1-10,21-26H2/b20-19-,35-31?,36-32?. The zero-order valence-electron chi connectivity index (χ0n) is 23.6. The van der Waals surface area contributed by atoms with Crippen molar-refractivity contribution in [3.63, 3.8) is 0 Å². The highest BCUT2D eigenvalue weighted by Gasteiger charge is 2.08. The van der Waals surface area contributed by atoms with E-state index in [9.17, 15) is 9.59 Å². The van der Waals surface area contributed by atoms with E-state index in [2.05, 4.69) is 24.3 Å². The molecule has 0 aliphatic carbocycles. The van der Waals surface area contributed by atoms with E-state index in [4.69, 9.17) is 19.5 Å². The van der Waals surface area contributed by atoms with E-state index in [1.54, 1.807) is 0 Å². The van der Waals surface area contributed by atoms with Crippen LogP contribution < -0.4 is 0 Å². The van der Waals surface area contributed by atoms with Gasteiger partial charge in [-0.15, -0.1) is 0 Å². The molecular formula is C34H42N2O4. The molecule has 6 heteroatoms. The van der Waals surface area contributed by atoms with Gasteiger partial charge < -0.3 is 9.47 Å². The molecule has 2 aromatic carbocycles. The second kappa shape index (κ2) is 16.5. The van der Waals surface area contributed by atoms with Gasteiger partial charge in [-0.2, -0.15) is 0 Å². The van der Waals surface area contributed by atoms with Crippen molar-refractivity contribution in [2.45, 2.75) is 90.3 Å². The molecule has 2 aliphatic rings. The molecule has 2 heterocycles. The summed E-state index contributed by atoms with van der Waals surface area (Å²) in [5, 5.41) is 0. The topological polar surface area (TPSA) is 77.3 Å². The Balaban J connectivity index is 1.14. The molecule has 0 saturated carbocycles. The quantitative estimate of drug-likeness (QED) is 0.241. The highest BCUT2D eigenvalue weighted by molar-refractivity contribution is 5.91. The van der Waals surface area contributed by atoms with Crippen molar-refractivity contribution in [1.82, 2.24) is 0 Å². The molecule has 0 atom stereocenters. The average molecular weight is 543 g/mol. The first kappa shape index (κ1) is 29.4. The van der Waals surface area contributed by atoms with Gasteiger partial charge in [-0.1, -0.05) is 74.2 Å². The van der Waals surface area contributed by atoms with E-state index in [1.165, 1.54) is 73.9 Å².